The van der Waals surface area contributed by atoms with Crippen molar-refractivity contribution in [2.45, 2.75) is 12.8 Å². The third-order valence-corrected chi connectivity index (χ3v) is 3.53. The Morgan fingerprint density at radius 3 is 2.78 bits per heavy atom. The molecular formula is C12H12BrN3O2. The summed E-state index contributed by atoms with van der Waals surface area (Å²) in [5.41, 5.74) is 0.512. The van der Waals surface area contributed by atoms with Gasteiger partial charge in [-0.25, -0.2) is 4.98 Å². The minimum atomic E-state index is -0.737. The third-order valence-electron chi connectivity index (χ3n) is 3.10. The monoisotopic (exact) mass is 309 g/mol. The first-order valence-corrected chi connectivity index (χ1v) is 6.44. The van der Waals surface area contributed by atoms with Crippen LogP contribution in [0.2, 0.25) is 0 Å². The number of carbonyl (C=O) groups is 1. The number of carboxylic acid groups (broad SMARTS) is 1. The maximum Gasteiger partial charge on any atom is 0.306 e. The molecule has 1 fully saturated rings. The molecule has 0 spiro atoms. The summed E-state index contributed by atoms with van der Waals surface area (Å²) in [4.78, 5) is 17.1. The number of carboxylic acids is 1. The molecule has 0 bridgehead atoms. The van der Waals surface area contributed by atoms with Crippen LogP contribution in [0.4, 0.5) is 5.82 Å². The van der Waals surface area contributed by atoms with Gasteiger partial charge in [0.15, 0.2) is 0 Å². The lowest BCUT2D eigenvalue weighted by Gasteiger charge is -2.31. The molecule has 1 aliphatic heterocycles. The van der Waals surface area contributed by atoms with Crippen LogP contribution in [-0.4, -0.2) is 29.1 Å². The fraction of sp³-hybridized carbons (Fsp3) is 0.417. The first kappa shape index (κ1) is 12.8. The van der Waals surface area contributed by atoms with Gasteiger partial charge in [0, 0.05) is 23.8 Å². The van der Waals surface area contributed by atoms with Gasteiger partial charge in [-0.05, 0) is 34.8 Å². The van der Waals surface area contributed by atoms with Gasteiger partial charge >= 0.3 is 5.97 Å². The van der Waals surface area contributed by atoms with E-state index in [0.29, 0.717) is 37.3 Å². The molecule has 1 aromatic rings. The topological polar surface area (TPSA) is 77.2 Å². The summed E-state index contributed by atoms with van der Waals surface area (Å²) in [5.74, 6) is -0.370. The van der Waals surface area contributed by atoms with Crippen LogP contribution in [0.1, 0.15) is 18.4 Å². The van der Waals surface area contributed by atoms with Gasteiger partial charge in [-0.15, -0.1) is 0 Å². The predicted octanol–water partition coefficient (Wildman–Crippen LogP) is 2.02. The Morgan fingerprint density at radius 1 is 1.56 bits per heavy atom. The van der Waals surface area contributed by atoms with Crippen molar-refractivity contribution in [2.75, 3.05) is 18.0 Å². The van der Waals surface area contributed by atoms with Crippen LogP contribution in [0.15, 0.2) is 16.7 Å². The van der Waals surface area contributed by atoms with E-state index in [9.17, 15) is 4.79 Å². The number of piperidine rings is 1. The average molecular weight is 310 g/mol. The van der Waals surface area contributed by atoms with E-state index in [4.69, 9.17) is 10.4 Å². The van der Waals surface area contributed by atoms with Crippen LogP contribution >= 0.6 is 15.9 Å². The minimum Gasteiger partial charge on any atom is -0.481 e. The van der Waals surface area contributed by atoms with Gasteiger partial charge in [0.25, 0.3) is 0 Å². The highest BCUT2D eigenvalue weighted by atomic mass is 79.9. The maximum atomic E-state index is 10.9. The van der Waals surface area contributed by atoms with Gasteiger partial charge in [-0.1, -0.05) is 0 Å². The summed E-state index contributed by atoms with van der Waals surface area (Å²) < 4.78 is 0.767. The van der Waals surface area contributed by atoms with Crippen molar-refractivity contribution in [3.8, 4) is 6.07 Å². The molecule has 94 valence electrons. The van der Waals surface area contributed by atoms with E-state index in [2.05, 4.69) is 27.0 Å². The van der Waals surface area contributed by atoms with Crippen LogP contribution < -0.4 is 4.90 Å². The minimum absolute atomic E-state index is 0.276. The molecule has 0 saturated carbocycles. The molecule has 0 atom stereocenters. The number of anilines is 1. The number of pyridine rings is 1. The molecule has 1 aliphatic rings. The number of aliphatic carboxylic acids is 1. The summed E-state index contributed by atoms with van der Waals surface area (Å²) >= 11 is 3.28. The van der Waals surface area contributed by atoms with Crippen molar-refractivity contribution < 1.29 is 9.90 Å². The summed E-state index contributed by atoms with van der Waals surface area (Å²) in [6.45, 7) is 1.25. The standard InChI is InChI=1S/C12H12BrN3O2/c13-10-5-9(6-14)11(15-7-10)16-3-1-8(2-4-16)12(17)18/h5,7-8H,1-4H2,(H,17,18). The zero-order valence-electron chi connectivity index (χ0n) is 9.64. The van der Waals surface area contributed by atoms with E-state index >= 15 is 0 Å². The van der Waals surface area contributed by atoms with Gasteiger partial charge in [-0.2, -0.15) is 5.26 Å². The molecule has 0 amide bonds. The number of aromatic nitrogens is 1. The second-order valence-electron chi connectivity index (χ2n) is 4.24. The number of halogens is 1. The van der Waals surface area contributed by atoms with E-state index < -0.39 is 5.97 Å². The summed E-state index contributed by atoms with van der Waals surface area (Å²) in [6.07, 6.45) is 2.84. The molecule has 2 heterocycles. The van der Waals surface area contributed by atoms with Crippen molar-refractivity contribution in [3.05, 3.63) is 22.3 Å². The summed E-state index contributed by atoms with van der Waals surface area (Å²) in [7, 11) is 0. The number of nitriles is 1. The highest BCUT2D eigenvalue weighted by Gasteiger charge is 2.26. The predicted molar refractivity (Wildman–Crippen MR) is 69.2 cm³/mol. The molecular weight excluding hydrogens is 298 g/mol. The first-order chi connectivity index (χ1) is 8.61. The van der Waals surface area contributed by atoms with Crippen LogP contribution in [0.5, 0.6) is 0 Å². The van der Waals surface area contributed by atoms with Gasteiger partial charge in [0.2, 0.25) is 0 Å². The van der Waals surface area contributed by atoms with Crippen molar-refractivity contribution >= 4 is 27.7 Å². The van der Waals surface area contributed by atoms with E-state index in [1.165, 1.54) is 0 Å². The molecule has 2 rings (SSSR count). The van der Waals surface area contributed by atoms with Crippen LogP contribution in [0.3, 0.4) is 0 Å². The quantitative estimate of drug-likeness (QED) is 0.904. The summed E-state index contributed by atoms with van der Waals surface area (Å²) in [6, 6.07) is 3.84. The van der Waals surface area contributed by atoms with Crippen molar-refractivity contribution in [2.24, 2.45) is 5.92 Å². The molecule has 5 nitrogen and oxygen atoms in total. The largest absolute Gasteiger partial charge is 0.481 e. The molecule has 0 radical (unpaired) electrons. The highest BCUT2D eigenvalue weighted by molar-refractivity contribution is 9.10. The van der Waals surface area contributed by atoms with Crippen LogP contribution in [0, 0.1) is 17.2 Å². The highest BCUT2D eigenvalue weighted by Crippen LogP contribution is 2.26. The molecule has 1 N–H and O–H groups in total. The van der Waals surface area contributed by atoms with E-state index in [-0.39, 0.29) is 5.92 Å². The lowest BCUT2D eigenvalue weighted by molar-refractivity contribution is -0.142. The van der Waals surface area contributed by atoms with Crippen molar-refractivity contribution in [1.29, 1.82) is 5.26 Å². The number of hydrogen-bond acceptors (Lipinski definition) is 4. The molecule has 6 heteroatoms. The Bertz CT molecular complexity index is 505. The number of nitrogens with zero attached hydrogens (tertiary/aromatic N) is 3. The van der Waals surface area contributed by atoms with Gasteiger partial charge in [0.1, 0.15) is 11.9 Å². The Labute approximate surface area is 113 Å². The van der Waals surface area contributed by atoms with Gasteiger partial charge in [-0.3, -0.25) is 4.79 Å². The van der Waals surface area contributed by atoms with Crippen molar-refractivity contribution in [3.63, 3.8) is 0 Å². The molecule has 1 saturated heterocycles. The number of hydrogen-bond donors (Lipinski definition) is 1. The van der Waals surface area contributed by atoms with E-state index in [1.54, 1.807) is 12.3 Å². The Kier molecular flexibility index (Phi) is 3.82. The van der Waals surface area contributed by atoms with E-state index in [1.807, 2.05) is 4.90 Å². The summed E-state index contributed by atoms with van der Waals surface area (Å²) in [5, 5.41) is 18.0. The molecule has 0 aliphatic carbocycles. The smallest absolute Gasteiger partial charge is 0.306 e. The maximum absolute atomic E-state index is 10.9. The fourth-order valence-corrected chi connectivity index (χ4v) is 2.44. The Hall–Kier alpha value is -1.61. The van der Waals surface area contributed by atoms with Gasteiger partial charge < -0.3 is 10.0 Å². The normalized spacial score (nSPS) is 16.3. The lowest BCUT2D eigenvalue weighted by atomic mass is 9.97. The second-order valence-corrected chi connectivity index (χ2v) is 5.15. The Morgan fingerprint density at radius 2 is 2.22 bits per heavy atom. The second kappa shape index (κ2) is 5.36. The first-order valence-electron chi connectivity index (χ1n) is 5.65. The average Bonchev–Trinajstić information content (AvgIpc) is 2.38. The van der Waals surface area contributed by atoms with Gasteiger partial charge in [0.05, 0.1) is 11.5 Å². The number of rotatable bonds is 2. The Balaban J connectivity index is 2.15. The van der Waals surface area contributed by atoms with E-state index in [0.717, 1.165) is 4.47 Å². The molecule has 0 aromatic carbocycles. The third kappa shape index (κ3) is 2.62. The molecule has 0 unspecified atom stereocenters. The van der Waals surface area contributed by atoms with Crippen LogP contribution in [0.25, 0.3) is 0 Å². The lowest BCUT2D eigenvalue weighted by Crippen LogP contribution is -2.37. The zero-order valence-corrected chi connectivity index (χ0v) is 11.2. The fourth-order valence-electron chi connectivity index (χ4n) is 2.10. The van der Waals surface area contributed by atoms with Crippen molar-refractivity contribution in [1.82, 2.24) is 4.98 Å². The zero-order chi connectivity index (χ0) is 13.1. The molecule has 1 aromatic heterocycles. The SMILES string of the molecule is N#Cc1cc(Br)cnc1N1CCC(C(=O)O)CC1. The molecule has 18 heavy (non-hydrogen) atoms. The van der Waals surface area contributed by atoms with Crippen LogP contribution in [-0.2, 0) is 4.79 Å².